The van der Waals surface area contributed by atoms with Crippen LogP contribution < -0.4 is 5.32 Å². The lowest BCUT2D eigenvalue weighted by Gasteiger charge is -2.26. The Kier molecular flexibility index (Phi) is 5.64. The largest absolute Gasteiger partial charge is 0.452 e. The molecule has 0 spiro atoms. The van der Waals surface area contributed by atoms with E-state index in [-0.39, 0.29) is 24.0 Å². The molecule has 0 saturated heterocycles. The first-order valence-corrected chi connectivity index (χ1v) is 9.49. The number of hydrogen-bond donors (Lipinski definition) is 1. The smallest absolute Gasteiger partial charge is 0.338 e. The third-order valence-electron chi connectivity index (χ3n) is 5.03. The van der Waals surface area contributed by atoms with Crippen LogP contribution in [-0.4, -0.2) is 18.5 Å². The molecule has 0 saturated carbocycles. The van der Waals surface area contributed by atoms with Crippen molar-refractivity contribution >= 4 is 11.9 Å². The Morgan fingerprint density at radius 1 is 1.07 bits per heavy atom. The molecule has 0 radical (unpaired) electrons. The van der Waals surface area contributed by atoms with E-state index in [0.717, 1.165) is 24.8 Å². The van der Waals surface area contributed by atoms with Gasteiger partial charge < -0.3 is 10.1 Å². The molecule has 0 heterocycles. The minimum absolute atomic E-state index is 0.00720. The zero-order valence-corrected chi connectivity index (χ0v) is 16.2. The molecule has 0 aliphatic heterocycles. The van der Waals surface area contributed by atoms with Gasteiger partial charge in [0, 0.05) is 0 Å². The lowest BCUT2D eigenvalue weighted by atomic mass is 9.87. The Bertz CT molecular complexity index is 818. The maximum atomic E-state index is 12.3. The Hall–Kier alpha value is -2.62. The summed E-state index contributed by atoms with van der Waals surface area (Å²) in [6, 6.07) is 15.5. The van der Waals surface area contributed by atoms with Crippen LogP contribution in [0.3, 0.4) is 0 Å². The number of benzene rings is 2. The Morgan fingerprint density at radius 2 is 1.78 bits per heavy atom. The van der Waals surface area contributed by atoms with E-state index in [0.29, 0.717) is 5.56 Å². The van der Waals surface area contributed by atoms with Crippen LogP contribution in [0.15, 0.2) is 48.5 Å². The number of hydrogen-bond acceptors (Lipinski definition) is 3. The first-order valence-electron chi connectivity index (χ1n) is 9.49. The molecule has 1 aliphatic carbocycles. The predicted molar refractivity (Wildman–Crippen MR) is 106 cm³/mol. The van der Waals surface area contributed by atoms with Crippen molar-refractivity contribution in [1.29, 1.82) is 0 Å². The average Bonchev–Trinajstić information content (AvgIpc) is 2.66. The standard InChI is InChI=1S/C23H27NO3/c1-23(2,3)18-13-11-17(12-14-18)22(26)27-15-21(25)24-20-10-6-8-16-7-4-5-9-19(16)20/h4-5,7,9,11-14,20H,6,8,10,15H2,1-3H3,(H,24,25). The monoisotopic (exact) mass is 365 g/mol. The number of fused-ring (bicyclic) bond motifs is 1. The van der Waals surface area contributed by atoms with Crippen molar-refractivity contribution in [2.24, 2.45) is 0 Å². The Balaban J connectivity index is 1.54. The van der Waals surface area contributed by atoms with E-state index in [1.807, 2.05) is 24.3 Å². The van der Waals surface area contributed by atoms with Gasteiger partial charge in [0.15, 0.2) is 6.61 Å². The summed E-state index contributed by atoms with van der Waals surface area (Å²) in [4.78, 5) is 24.5. The van der Waals surface area contributed by atoms with Gasteiger partial charge in [-0.05, 0) is 53.5 Å². The molecule has 1 atom stereocenters. The molecule has 1 unspecified atom stereocenters. The van der Waals surface area contributed by atoms with E-state index in [1.165, 1.54) is 11.1 Å². The van der Waals surface area contributed by atoms with E-state index in [1.54, 1.807) is 12.1 Å². The van der Waals surface area contributed by atoms with Crippen LogP contribution in [0.4, 0.5) is 0 Å². The number of aryl methyl sites for hydroxylation is 1. The van der Waals surface area contributed by atoms with Gasteiger partial charge in [-0.1, -0.05) is 57.2 Å². The molecule has 27 heavy (non-hydrogen) atoms. The fraction of sp³-hybridized carbons (Fsp3) is 0.391. The molecule has 0 fully saturated rings. The van der Waals surface area contributed by atoms with Gasteiger partial charge >= 0.3 is 5.97 Å². The molecule has 1 amide bonds. The fourth-order valence-corrected chi connectivity index (χ4v) is 3.46. The molecular weight excluding hydrogens is 338 g/mol. The molecule has 1 aliphatic rings. The highest BCUT2D eigenvalue weighted by molar-refractivity contribution is 5.91. The molecule has 2 aromatic rings. The van der Waals surface area contributed by atoms with E-state index >= 15 is 0 Å². The lowest BCUT2D eigenvalue weighted by molar-refractivity contribution is -0.125. The first kappa shape index (κ1) is 19.2. The quantitative estimate of drug-likeness (QED) is 0.820. The van der Waals surface area contributed by atoms with Crippen LogP contribution in [0.5, 0.6) is 0 Å². The summed E-state index contributed by atoms with van der Waals surface area (Å²) in [6.45, 7) is 6.09. The summed E-state index contributed by atoms with van der Waals surface area (Å²) >= 11 is 0. The van der Waals surface area contributed by atoms with Gasteiger partial charge in [0.05, 0.1) is 11.6 Å². The summed E-state index contributed by atoms with van der Waals surface area (Å²) in [5.74, 6) is -0.744. The number of nitrogens with one attached hydrogen (secondary N) is 1. The number of carbonyl (C=O) groups excluding carboxylic acids is 2. The van der Waals surface area contributed by atoms with Crippen LogP contribution in [0.2, 0.25) is 0 Å². The first-order chi connectivity index (χ1) is 12.8. The van der Waals surface area contributed by atoms with Gasteiger partial charge in [-0.3, -0.25) is 4.79 Å². The van der Waals surface area contributed by atoms with Crippen LogP contribution in [0, 0.1) is 0 Å². The van der Waals surface area contributed by atoms with Gasteiger partial charge in [0.25, 0.3) is 5.91 Å². The Morgan fingerprint density at radius 3 is 2.48 bits per heavy atom. The molecule has 0 bridgehead atoms. The van der Waals surface area contributed by atoms with Crippen molar-refractivity contribution in [1.82, 2.24) is 5.32 Å². The molecule has 4 heteroatoms. The molecule has 142 valence electrons. The van der Waals surface area contributed by atoms with Crippen molar-refractivity contribution in [2.45, 2.75) is 51.5 Å². The normalized spacial score (nSPS) is 16.3. The second kappa shape index (κ2) is 7.95. The highest BCUT2D eigenvalue weighted by Gasteiger charge is 2.22. The number of esters is 1. The maximum Gasteiger partial charge on any atom is 0.338 e. The minimum Gasteiger partial charge on any atom is -0.452 e. The van der Waals surface area contributed by atoms with Crippen LogP contribution in [0.25, 0.3) is 0 Å². The summed E-state index contributed by atoms with van der Waals surface area (Å²) < 4.78 is 5.19. The minimum atomic E-state index is -0.477. The molecule has 3 rings (SSSR count). The molecule has 0 aromatic heterocycles. The third-order valence-corrected chi connectivity index (χ3v) is 5.03. The Labute approximate surface area is 160 Å². The van der Waals surface area contributed by atoms with Crippen LogP contribution in [0.1, 0.15) is 66.7 Å². The SMILES string of the molecule is CC(C)(C)c1ccc(C(=O)OCC(=O)NC2CCCc3ccccc32)cc1. The lowest BCUT2D eigenvalue weighted by Crippen LogP contribution is -2.34. The van der Waals surface area contributed by atoms with Crippen molar-refractivity contribution in [3.8, 4) is 0 Å². The molecular formula is C23H27NO3. The van der Waals surface area contributed by atoms with Crippen molar-refractivity contribution in [3.63, 3.8) is 0 Å². The summed E-state index contributed by atoms with van der Waals surface area (Å²) in [7, 11) is 0. The third kappa shape index (κ3) is 4.76. The molecule has 2 aromatic carbocycles. The van der Waals surface area contributed by atoms with Crippen molar-refractivity contribution in [3.05, 3.63) is 70.8 Å². The predicted octanol–water partition coefficient (Wildman–Crippen LogP) is 4.33. The average molecular weight is 365 g/mol. The zero-order chi connectivity index (χ0) is 19.4. The number of amides is 1. The topological polar surface area (TPSA) is 55.4 Å². The van der Waals surface area contributed by atoms with Crippen LogP contribution >= 0.6 is 0 Å². The summed E-state index contributed by atoms with van der Waals surface area (Å²) in [5, 5.41) is 2.99. The maximum absolute atomic E-state index is 12.3. The second-order valence-corrected chi connectivity index (χ2v) is 8.11. The van der Waals surface area contributed by atoms with E-state index in [4.69, 9.17) is 4.74 Å². The van der Waals surface area contributed by atoms with Gasteiger partial charge in [0.2, 0.25) is 0 Å². The van der Waals surface area contributed by atoms with Gasteiger partial charge in [0.1, 0.15) is 0 Å². The van der Waals surface area contributed by atoms with Gasteiger partial charge in [-0.2, -0.15) is 0 Å². The highest BCUT2D eigenvalue weighted by atomic mass is 16.5. The number of ether oxygens (including phenoxy) is 1. The van der Waals surface area contributed by atoms with Crippen molar-refractivity contribution in [2.75, 3.05) is 6.61 Å². The van der Waals surface area contributed by atoms with Crippen LogP contribution in [-0.2, 0) is 21.4 Å². The van der Waals surface area contributed by atoms with Gasteiger partial charge in [-0.25, -0.2) is 4.79 Å². The fourth-order valence-electron chi connectivity index (χ4n) is 3.46. The van der Waals surface area contributed by atoms with Gasteiger partial charge in [-0.15, -0.1) is 0 Å². The molecule has 1 N–H and O–H groups in total. The van der Waals surface area contributed by atoms with E-state index < -0.39 is 5.97 Å². The molecule has 4 nitrogen and oxygen atoms in total. The summed E-state index contributed by atoms with van der Waals surface area (Å²) in [5.41, 5.74) is 4.08. The second-order valence-electron chi connectivity index (χ2n) is 8.11. The van der Waals surface area contributed by atoms with E-state index in [9.17, 15) is 9.59 Å². The van der Waals surface area contributed by atoms with Crippen molar-refractivity contribution < 1.29 is 14.3 Å². The zero-order valence-electron chi connectivity index (χ0n) is 16.2. The van der Waals surface area contributed by atoms with E-state index in [2.05, 4.69) is 38.2 Å². The highest BCUT2D eigenvalue weighted by Crippen LogP contribution is 2.29. The summed E-state index contributed by atoms with van der Waals surface area (Å²) in [6.07, 6.45) is 2.99. The number of rotatable bonds is 4. The number of carbonyl (C=O) groups is 2.